The molecule has 1 aromatic rings. The lowest BCUT2D eigenvalue weighted by Gasteiger charge is -2.31. The molecule has 0 saturated carbocycles. The molecule has 2 aliphatic heterocycles. The Morgan fingerprint density at radius 1 is 1.10 bits per heavy atom. The molecule has 1 fully saturated rings. The number of carbonyl (C=O) groups excluding carboxylic acids is 2. The van der Waals surface area contributed by atoms with Crippen LogP contribution in [-0.2, 0) is 14.4 Å². The molecule has 1 unspecified atom stereocenters. The minimum atomic E-state index is -0.932. The second kappa shape index (κ2) is 15.1. The molecule has 224 valence electrons. The van der Waals surface area contributed by atoms with Crippen molar-refractivity contribution in [3.8, 4) is 17.2 Å². The standard InChI is InChI=1S/C29H46N4O7/c1-5-7-12-32(13-9-8-11-30)26(35)18-33-17-22(21-15-24(38-4)28-25(16-21)39-19-40-28)27(29(36)37)23(33)10-14-31(6-2)20(3)34/h15-16,22-23,27H,5-14,17-19,30H2,1-4H3,(H,36,37)/t22-,23+,27?/m1/s1. The summed E-state index contributed by atoms with van der Waals surface area (Å²) < 4.78 is 16.7. The van der Waals surface area contributed by atoms with E-state index >= 15 is 0 Å². The second-order valence-corrected chi connectivity index (χ2v) is 10.5. The zero-order chi connectivity index (χ0) is 29.2. The van der Waals surface area contributed by atoms with Gasteiger partial charge < -0.3 is 34.9 Å². The SMILES string of the molecule is CCCCN(CCCCN)C(=O)CN1C[C@H](c2cc(OC)c3c(c2)OCO3)C(C(=O)O)[C@@H]1CCN(CC)C(C)=O. The van der Waals surface area contributed by atoms with Crippen molar-refractivity contribution in [1.82, 2.24) is 14.7 Å². The molecule has 2 aliphatic rings. The van der Waals surface area contributed by atoms with Crippen molar-refractivity contribution < 1.29 is 33.7 Å². The maximum absolute atomic E-state index is 13.6. The van der Waals surface area contributed by atoms with E-state index in [0.717, 1.165) is 31.2 Å². The van der Waals surface area contributed by atoms with Crippen molar-refractivity contribution in [3.05, 3.63) is 17.7 Å². The van der Waals surface area contributed by atoms with E-state index in [1.165, 1.54) is 14.0 Å². The summed E-state index contributed by atoms with van der Waals surface area (Å²) in [6.45, 7) is 8.91. The van der Waals surface area contributed by atoms with E-state index in [2.05, 4.69) is 6.92 Å². The summed E-state index contributed by atoms with van der Waals surface area (Å²) >= 11 is 0. The van der Waals surface area contributed by atoms with Gasteiger partial charge in [0.15, 0.2) is 11.5 Å². The first-order valence-corrected chi connectivity index (χ1v) is 14.4. The normalized spacial score (nSPS) is 20.0. The molecule has 2 amide bonds. The van der Waals surface area contributed by atoms with Crippen molar-refractivity contribution in [1.29, 1.82) is 0 Å². The highest BCUT2D eigenvalue weighted by molar-refractivity contribution is 5.79. The van der Waals surface area contributed by atoms with Crippen molar-refractivity contribution in [2.24, 2.45) is 11.7 Å². The third-order valence-electron chi connectivity index (χ3n) is 8.02. The molecule has 40 heavy (non-hydrogen) atoms. The Balaban J connectivity index is 1.92. The summed E-state index contributed by atoms with van der Waals surface area (Å²) in [7, 11) is 1.54. The number of nitrogens with zero attached hydrogens (tertiary/aromatic N) is 3. The Morgan fingerprint density at radius 2 is 1.85 bits per heavy atom. The van der Waals surface area contributed by atoms with Gasteiger partial charge in [0.25, 0.3) is 0 Å². The first-order chi connectivity index (χ1) is 19.2. The van der Waals surface area contributed by atoms with Gasteiger partial charge in [-0.15, -0.1) is 0 Å². The summed E-state index contributed by atoms with van der Waals surface area (Å²) in [5.41, 5.74) is 6.44. The minimum absolute atomic E-state index is 0.0116. The Labute approximate surface area is 237 Å². The predicted molar refractivity (Wildman–Crippen MR) is 151 cm³/mol. The molecule has 11 heteroatoms. The van der Waals surface area contributed by atoms with Gasteiger partial charge in [-0.05, 0) is 56.8 Å². The highest BCUT2D eigenvalue weighted by Crippen LogP contribution is 2.47. The summed E-state index contributed by atoms with van der Waals surface area (Å²) in [6.07, 6.45) is 3.99. The van der Waals surface area contributed by atoms with Crippen LogP contribution in [0, 0.1) is 5.92 Å². The monoisotopic (exact) mass is 562 g/mol. The zero-order valence-electron chi connectivity index (χ0n) is 24.4. The number of nitrogens with two attached hydrogens (primary N) is 1. The molecule has 0 spiro atoms. The molecule has 0 aromatic heterocycles. The lowest BCUT2D eigenvalue weighted by atomic mass is 9.84. The quantitative estimate of drug-likeness (QED) is 0.291. The third kappa shape index (κ3) is 7.57. The number of carboxylic acids is 1. The molecule has 11 nitrogen and oxygen atoms in total. The van der Waals surface area contributed by atoms with Gasteiger partial charge in [-0.1, -0.05) is 13.3 Å². The summed E-state index contributed by atoms with van der Waals surface area (Å²) in [5.74, 6) is -0.692. The molecule has 0 radical (unpaired) electrons. The van der Waals surface area contributed by atoms with E-state index in [-0.39, 0.29) is 25.2 Å². The number of amides is 2. The molecule has 3 rings (SSSR count). The number of carbonyl (C=O) groups is 3. The number of carboxylic acid groups (broad SMARTS) is 1. The van der Waals surface area contributed by atoms with Gasteiger partial charge in [0.1, 0.15) is 0 Å². The first kappa shape index (κ1) is 31.5. The summed E-state index contributed by atoms with van der Waals surface area (Å²) in [5, 5.41) is 10.5. The van der Waals surface area contributed by atoms with E-state index in [4.69, 9.17) is 19.9 Å². The number of rotatable bonds is 16. The largest absolute Gasteiger partial charge is 0.493 e. The van der Waals surface area contributed by atoms with Crippen molar-refractivity contribution in [2.45, 2.75) is 64.8 Å². The average molecular weight is 563 g/mol. The molecule has 1 saturated heterocycles. The number of benzene rings is 1. The molecular formula is C29H46N4O7. The number of aliphatic carboxylic acids is 1. The molecule has 0 aliphatic carbocycles. The number of likely N-dealkylation sites (tertiary alicyclic amines) is 1. The van der Waals surface area contributed by atoms with Crippen LogP contribution in [0.5, 0.6) is 17.2 Å². The Hall–Kier alpha value is -3.05. The maximum atomic E-state index is 13.6. The molecule has 3 N–H and O–H groups in total. The van der Waals surface area contributed by atoms with Crippen LogP contribution >= 0.6 is 0 Å². The number of fused-ring (bicyclic) bond motifs is 1. The summed E-state index contributed by atoms with van der Waals surface area (Å²) in [4.78, 5) is 44.1. The van der Waals surface area contributed by atoms with Crippen LogP contribution in [0.25, 0.3) is 0 Å². The number of unbranched alkanes of at least 4 members (excludes halogenated alkanes) is 2. The van der Waals surface area contributed by atoms with Crippen molar-refractivity contribution in [2.75, 3.05) is 59.7 Å². The van der Waals surface area contributed by atoms with Gasteiger partial charge in [0.05, 0.1) is 19.6 Å². The number of hydrogen-bond donors (Lipinski definition) is 2. The van der Waals surface area contributed by atoms with E-state index in [0.29, 0.717) is 62.9 Å². The van der Waals surface area contributed by atoms with Crippen LogP contribution in [0.2, 0.25) is 0 Å². The highest BCUT2D eigenvalue weighted by Gasteiger charge is 2.47. The Bertz CT molecular complexity index is 1020. The lowest BCUT2D eigenvalue weighted by molar-refractivity contribution is -0.144. The third-order valence-corrected chi connectivity index (χ3v) is 8.02. The molecule has 0 bridgehead atoms. The zero-order valence-corrected chi connectivity index (χ0v) is 24.4. The lowest BCUT2D eigenvalue weighted by Crippen LogP contribution is -2.46. The topological polar surface area (TPSA) is 135 Å². The second-order valence-electron chi connectivity index (χ2n) is 10.5. The predicted octanol–water partition coefficient (Wildman–Crippen LogP) is 2.52. The number of ether oxygens (including phenoxy) is 3. The minimum Gasteiger partial charge on any atom is -0.493 e. The van der Waals surface area contributed by atoms with Crippen LogP contribution < -0.4 is 19.9 Å². The van der Waals surface area contributed by atoms with Crippen LogP contribution in [0.15, 0.2) is 12.1 Å². The van der Waals surface area contributed by atoms with Crippen molar-refractivity contribution in [3.63, 3.8) is 0 Å². The smallest absolute Gasteiger partial charge is 0.308 e. The van der Waals surface area contributed by atoms with E-state index in [1.807, 2.05) is 28.9 Å². The fourth-order valence-corrected chi connectivity index (χ4v) is 5.81. The highest BCUT2D eigenvalue weighted by atomic mass is 16.7. The fourth-order valence-electron chi connectivity index (χ4n) is 5.81. The molecule has 3 atom stereocenters. The molecular weight excluding hydrogens is 516 g/mol. The van der Waals surface area contributed by atoms with E-state index < -0.39 is 23.8 Å². The average Bonchev–Trinajstić information content (AvgIpc) is 3.55. The maximum Gasteiger partial charge on any atom is 0.308 e. The Kier molecular flexibility index (Phi) is 11.9. The number of methoxy groups -OCH3 is 1. The van der Waals surface area contributed by atoms with E-state index in [9.17, 15) is 19.5 Å². The summed E-state index contributed by atoms with van der Waals surface area (Å²) in [6, 6.07) is 3.20. The van der Waals surface area contributed by atoms with Crippen LogP contribution in [0.4, 0.5) is 0 Å². The fraction of sp³-hybridized carbons (Fsp3) is 0.690. The van der Waals surface area contributed by atoms with Gasteiger partial charge in [-0.3, -0.25) is 19.3 Å². The van der Waals surface area contributed by atoms with Crippen LogP contribution in [0.1, 0.15) is 64.4 Å². The molecule has 2 heterocycles. The van der Waals surface area contributed by atoms with Crippen LogP contribution in [0.3, 0.4) is 0 Å². The van der Waals surface area contributed by atoms with Gasteiger partial charge in [0, 0.05) is 51.6 Å². The van der Waals surface area contributed by atoms with Gasteiger partial charge in [-0.25, -0.2) is 0 Å². The van der Waals surface area contributed by atoms with Crippen LogP contribution in [-0.4, -0.2) is 103 Å². The first-order valence-electron chi connectivity index (χ1n) is 14.4. The van der Waals surface area contributed by atoms with Gasteiger partial charge >= 0.3 is 5.97 Å². The molecule has 1 aromatic carbocycles. The Morgan fingerprint density at radius 3 is 2.48 bits per heavy atom. The van der Waals surface area contributed by atoms with Gasteiger partial charge in [-0.2, -0.15) is 0 Å². The van der Waals surface area contributed by atoms with E-state index in [1.54, 1.807) is 4.90 Å². The van der Waals surface area contributed by atoms with Gasteiger partial charge in [0.2, 0.25) is 24.4 Å². The number of hydrogen-bond acceptors (Lipinski definition) is 8. The van der Waals surface area contributed by atoms with Crippen molar-refractivity contribution >= 4 is 17.8 Å².